The summed E-state index contributed by atoms with van der Waals surface area (Å²) in [5, 5.41) is 8.83. The molecule has 0 fully saturated rings. The Labute approximate surface area is 174 Å². The second kappa shape index (κ2) is 7.17. The highest BCUT2D eigenvalue weighted by Crippen LogP contribution is 2.45. The van der Waals surface area contributed by atoms with Crippen molar-refractivity contribution >= 4 is 34.7 Å². The number of fused-ring (bicyclic) bond motifs is 1. The molecule has 146 valence electrons. The van der Waals surface area contributed by atoms with Crippen LogP contribution in [-0.2, 0) is 5.92 Å². The number of hydrogen-bond donors (Lipinski definition) is 1. The standard InChI is InChI=1S/C22H13Cl2F2NO2/c23-16-4-3-5-17(24)20(16)22(25,26)19-12-15(18-6-1-2-11-27(18)19)13-7-9-14(10-8-13)21(28)29/h1-12H,(H,28,29). The van der Waals surface area contributed by atoms with Gasteiger partial charge in [-0.05, 0) is 48.0 Å². The molecular formula is C22H13Cl2F2NO2. The van der Waals surface area contributed by atoms with Gasteiger partial charge in [0.2, 0.25) is 0 Å². The molecule has 4 aromatic rings. The molecule has 0 saturated carbocycles. The zero-order valence-electron chi connectivity index (χ0n) is 14.7. The van der Waals surface area contributed by atoms with Crippen LogP contribution in [0.3, 0.4) is 0 Å². The van der Waals surface area contributed by atoms with Crippen molar-refractivity contribution in [3.8, 4) is 11.1 Å². The first kappa shape index (κ1) is 19.4. The number of nitrogens with zero attached hydrogens (tertiary/aromatic N) is 1. The summed E-state index contributed by atoms with van der Waals surface area (Å²) in [5.74, 6) is -4.52. The summed E-state index contributed by atoms with van der Waals surface area (Å²) in [6.07, 6.45) is 1.54. The molecule has 29 heavy (non-hydrogen) atoms. The molecule has 1 N–H and O–H groups in total. The average molecular weight is 432 g/mol. The van der Waals surface area contributed by atoms with Crippen LogP contribution in [0.15, 0.2) is 72.9 Å². The van der Waals surface area contributed by atoms with Gasteiger partial charge in [0, 0.05) is 11.8 Å². The molecule has 0 bridgehead atoms. The molecule has 2 aromatic heterocycles. The van der Waals surface area contributed by atoms with E-state index >= 15 is 8.78 Å². The van der Waals surface area contributed by atoms with Gasteiger partial charge in [0.25, 0.3) is 0 Å². The number of carboxylic acids is 1. The fourth-order valence-electron chi connectivity index (χ4n) is 3.34. The molecule has 7 heteroatoms. The Morgan fingerprint density at radius 1 is 0.931 bits per heavy atom. The van der Waals surface area contributed by atoms with E-state index in [1.54, 1.807) is 36.5 Å². The molecule has 0 unspecified atom stereocenters. The van der Waals surface area contributed by atoms with Gasteiger partial charge >= 0.3 is 11.9 Å². The van der Waals surface area contributed by atoms with Gasteiger partial charge in [-0.1, -0.05) is 47.5 Å². The van der Waals surface area contributed by atoms with Crippen LogP contribution in [0.5, 0.6) is 0 Å². The van der Waals surface area contributed by atoms with Crippen molar-refractivity contribution in [3.63, 3.8) is 0 Å². The van der Waals surface area contributed by atoms with Gasteiger partial charge in [-0.15, -0.1) is 0 Å². The molecule has 0 aliphatic heterocycles. The second-order valence-electron chi connectivity index (χ2n) is 6.45. The highest BCUT2D eigenvalue weighted by Gasteiger charge is 2.41. The van der Waals surface area contributed by atoms with Crippen molar-refractivity contribution in [3.05, 3.63) is 99.8 Å². The van der Waals surface area contributed by atoms with Gasteiger partial charge in [-0.25, -0.2) is 4.79 Å². The van der Waals surface area contributed by atoms with Crippen LogP contribution in [0.2, 0.25) is 10.0 Å². The zero-order chi connectivity index (χ0) is 20.8. The van der Waals surface area contributed by atoms with Crippen LogP contribution >= 0.6 is 23.2 Å². The maximum Gasteiger partial charge on any atom is 0.335 e. The maximum absolute atomic E-state index is 15.6. The Kier molecular flexibility index (Phi) is 4.81. The van der Waals surface area contributed by atoms with Crippen molar-refractivity contribution in [2.75, 3.05) is 0 Å². The minimum absolute atomic E-state index is 0.116. The zero-order valence-corrected chi connectivity index (χ0v) is 16.3. The first-order valence-corrected chi connectivity index (χ1v) is 9.33. The van der Waals surface area contributed by atoms with Crippen LogP contribution in [0.4, 0.5) is 8.78 Å². The molecule has 2 aromatic carbocycles. The van der Waals surface area contributed by atoms with Crippen molar-refractivity contribution in [1.29, 1.82) is 0 Å². The number of carboxylic acid groups (broad SMARTS) is 1. The summed E-state index contributed by atoms with van der Waals surface area (Å²) in [6.45, 7) is 0. The van der Waals surface area contributed by atoms with Crippen LogP contribution in [0.1, 0.15) is 21.6 Å². The van der Waals surface area contributed by atoms with Crippen molar-refractivity contribution < 1.29 is 18.7 Å². The number of aromatic nitrogens is 1. The minimum Gasteiger partial charge on any atom is -0.478 e. The second-order valence-corrected chi connectivity index (χ2v) is 7.27. The van der Waals surface area contributed by atoms with Crippen LogP contribution < -0.4 is 0 Å². The van der Waals surface area contributed by atoms with E-state index in [-0.39, 0.29) is 21.3 Å². The lowest BCUT2D eigenvalue weighted by Gasteiger charge is -2.19. The van der Waals surface area contributed by atoms with Crippen LogP contribution in [-0.4, -0.2) is 15.5 Å². The number of pyridine rings is 1. The fourth-order valence-corrected chi connectivity index (χ4v) is 3.98. The number of rotatable bonds is 4. The van der Waals surface area contributed by atoms with E-state index < -0.39 is 17.5 Å². The highest BCUT2D eigenvalue weighted by atomic mass is 35.5. The maximum atomic E-state index is 15.6. The Balaban J connectivity index is 1.94. The van der Waals surface area contributed by atoms with Gasteiger partial charge in [0.15, 0.2) is 0 Å². The molecule has 0 aliphatic rings. The summed E-state index contributed by atoms with van der Waals surface area (Å²) in [7, 11) is 0. The third-order valence-corrected chi connectivity index (χ3v) is 5.35. The quantitative estimate of drug-likeness (QED) is 0.388. The lowest BCUT2D eigenvalue weighted by Crippen LogP contribution is -2.19. The van der Waals surface area contributed by atoms with E-state index in [1.807, 2.05) is 0 Å². The predicted octanol–water partition coefficient (Wildman–Crippen LogP) is 6.75. The van der Waals surface area contributed by atoms with E-state index in [9.17, 15) is 4.79 Å². The molecule has 3 nitrogen and oxygen atoms in total. The Bertz CT molecular complexity index is 1210. The molecule has 0 aliphatic carbocycles. The summed E-state index contributed by atoms with van der Waals surface area (Å²) in [4.78, 5) is 11.1. The van der Waals surface area contributed by atoms with E-state index in [4.69, 9.17) is 28.3 Å². The summed E-state index contributed by atoms with van der Waals surface area (Å²) in [5.41, 5.74) is 1.07. The topological polar surface area (TPSA) is 41.7 Å². The number of aromatic carboxylic acids is 1. The van der Waals surface area contributed by atoms with Crippen molar-refractivity contribution in [2.24, 2.45) is 0 Å². The fraction of sp³-hybridized carbons (Fsp3) is 0.0455. The molecule has 0 spiro atoms. The number of alkyl halides is 2. The number of benzene rings is 2. The Hall–Kier alpha value is -2.89. The highest BCUT2D eigenvalue weighted by molar-refractivity contribution is 6.36. The average Bonchev–Trinajstić information content (AvgIpc) is 3.08. The Morgan fingerprint density at radius 3 is 2.21 bits per heavy atom. The smallest absolute Gasteiger partial charge is 0.335 e. The SMILES string of the molecule is O=C(O)c1ccc(-c2cc(C(F)(F)c3c(Cl)cccc3Cl)n3ccccc23)cc1. The van der Waals surface area contributed by atoms with Crippen LogP contribution in [0.25, 0.3) is 16.6 Å². The largest absolute Gasteiger partial charge is 0.478 e. The van der Waals surface area contributed by atoms with E-state index in [0.29, 0.717) is 16.6 Å². The first-order chi connectivity index (χ1) is 13.8. The van der Waals surface area contributed by atoms with E-state index in [2.05, 4.69) is 0 Å². The van der Waals surface area contributed by atoms with E-state index in [1.165, 1.54) is 40.8 Å². The third kappa shape index (κ3) is 3.26. The monoisotopic (exact) mass is 431 g/mol. The molecule has 0 saturated heterocycles. The third-order valence-electron chi connectivity index (χ3n) is 4.72. The molecule has 0 radical (unpaired) electrons. The van der Waals surface area contributed by atoms with Gasteiger partial charge in [0.1, 0.15) is 0 Å². The van der Waals surface area contributed by atoms with E-state index in [0.717, 1.165) is 0 Å². The Morgan fingerprint density at radius 2 is 1.59 bits per heavy atom. The minimum atomic E-state index is -3.46. The number of hydrogen-bond acceptors (Lipinski definition) is 1. The number of carbonyl (C=O) groups is 1. The molecule has 2 heterocycles. The van der Waals surface area contributed by atoms with Gasteiger partial charge in [0.05, 0.1) is 32.4 Å². The van der Waals surface area contributed by atoms with Crippen LogP contribution in [0, 0.1) is 0 Å². The first-order valence-electron chi connectivity index (χ1n) is 8.57. The summed E-state index contributed by atoms with van der Waals surface area (Å²) in [6, 6.07) is 16.8. The van der Waals surface area contributed by atoms with Gasteiger partial charge < -0.3 is 9.51 Å². The molecule has 0 atom stereocenters. The lowest BCUT2D eigenvalue weighted by molar-refractivity contribution is 0.0375. The predicted molar refractivity (Wildman–Crippen MR) is 109 cm³/mol. The molecule has 0 amide bonds. The molecule has 4 rings (SSSR count). The lowest BCUT2D eigenvalue weighted by atomic mass is 10.0. The number of halogens is 4. The summed E-state index contributed by atoms with van der Waals surface area (Å²) < 4.78 is 32.5. The van der Waals surface area contributed by atoms with Crippen molar-refractivity contribution in [1.82, 2.24) is 4.40 Å². The van der Waals surface area contributed by atoms with Gasteiger partial charge in [-0.3, -0.25) is 0 Å². The van der Waals surface area contributed by atoms with Crippen molar-refractivity contribution in [2.45, 2.75) is 5.92 Å². The summed E-state index contributed by atoms with van der Waals surface area (Å²) >= 11 is 12.1. The van der Waals surface area contributed by atoms with Gasteiger partial charge in [-0.2, -0.15) is 8.78 Å². The normalized spacial score (nSPS) is 11.7. The molecular weight excluding hydrogens is 419 g/mol.